The number of ether oxygens (including phenoxy) is 1. The third-order valence-electron chi connectivity index (χ3n) is 5.91. The van der Waals surface area contributed by atoms with Gasteiger partial charge in [0.15, 0.2) is 0 Å². The summed E-state index contributed by atoms with van der Waals surface area (Å²) in [5.74, 6) is 0.971. The van der Waals surface area contributed by atoms with E-state index >= 15 is 0 Å². The first-order chi connectivity index (χ1) is 15.6. The summed E-state index contributed by atoms with van der Waals surface area (Å²) in [6.07, 6.45) is 11.2. The monoisotopic (exact) mass is 436 g/mol. The molecule has 0 N–H and O–H groups in total. The topological polar surface area (TPSA) is 77.6 Å². The van der Waals surface area contributed by atoms with Gasteiger partial charge in [0, 0.05) is 30.4 Å². The van der Waals surface area contributed by atoms with E-state index in [0.29, 0.717) is 22.5 Å². The molecule has 0 radical (unpaired) electrons. The van der Waals surface area contributed by atoms with Gasteiger partial charge in [0.2, 0.25) is 5.88 Å². The van der Waals surface area contributed by atoms with Crippen molar-refractivity contribution in [2.75, 3.05) is 0 Å². The lowest BCUT2D eigenvalue weighted by Gasteiger charge is -2.22. The van der Waals surface area contributed by atoms with Crippen molar-refractivity contribution >= 4 is 28.7 Å². The van der Waals surface area contributed by atoms with Crippen molar-refractivity contribution in [2.24, 2.45) is 16.8 Å². The Morgan fingerprint density at radius 2 is 1.88 bits per heavy atom. The number of halogens is 2. The van der Waals surface area contributed by atoms with Gasteiger partial charge in [0.05, 0.1) is 11.0 Å². The van der Waals surface area contributed by atoms with Crippen molar-refractivity contribution in [3.8, 4) is 17.0 Å². The van der Waals surface area contributed by atoms with Crippen LogP contribution in [0.15, 0.2) is 47.8 Å². The zero-order chi connectivity index (χ0) is 22.1. The van der Waals surface area contributed by atoms with Crippen LogP contribution >= 0.6 is 0 Å². The van der Waals surface area contributed by atoms with E-state index in [1.54, 1.807) is 24.7 Å². The second kappa shape index (κ2) is 8.57. The molecule has 0 saturated heterocycles. The van der Waals surface area contributed by atoms with Crippen molar-refractivity contribution in [2.45, 2.75) is 39.2 Å². The summed E-state index contributed by atoms with van der Waals surface area (Å²) in [7, 11) is 0. The van der Waals surface area contributed by atoms with Crippen LogP contribution in [0.25, 0.3) is 27.7 Å². The molecule has 0 unspecified atom stereocenters. The fourth-order valence-corrected chi connectivity index (χ4v) is 4.17. The van der Waals surface area contributed by atoms with Crippen LogP contribution < -0.4 is 4.74 Å². The van der Waals surface area contributed by atoms with Gasteiger partial charge in [-0.05, 0) is 48.4 Å². The molecular formula is C23H22F2N6O. The van der Waals surface area contributed by atoms with Crippen molar-refractivity contribution in [1.82, 2.24) is 24.6 Å². The summed E-state index contributed by atoms with van der Waals surface area (Å²) in [6, 6.07) is 7.32. The fraction of sp³-hybridized carbons (Fsp3) is 0.348. The fourth-order valence-electron chi connectivity index (χ4n) is 4.17. The molecule has 1 fully saturated rings. The number of nitrogens with zero attached hydrogens (tertiary/aromatic N) is 6. The summed E-state index contributed by atoms with van der Waals surface area (Å²) in [5.41, 5.74) is 3.22. The van der Waals surface area contributed by atoms with Gasteiger partial charge in [-0.3, -0.25) is 9.97 Å². The van der Waals surface area contributed by atoms with Gasteiger partial charge in [0.1, 0.15) is 5.52 Å². The third kappa shape index (κ3) is 4.15. The van der Waals surface area contributed by atoms with Crippen LogP contribution in [-0.4, -0.2) is 37.4 Å². The summed E-state index contributed by atoms with van der Waals surface area (Å²) >= 11 is 0. The lowest BCUT2D eigenvalue weighted by Crippen LogP contribution is -2.13. The molecule has 1 saturated carbocycles. The molecule has 5 rings (SSSR count). The number of hydrogen-bond donors (Lipinski definition) is 0. The Labute approximate surface area is 183 Å². The molecule has 7 nitrogen and oxygen atoms in total. The SMILES string of the molecule is CC1CCC(C=Nc2nc(OC(F)F)c3c(-c4ccc5nccnc5c4)ccn3n2)CC1. The Bertz CT molecular complexity index is 1280. The molecule has 32 heavy (non-hydrogen) atoms. The molecule has 9 heteroatoms. The largest absolute Gasteiger partial charge is 0.414 e. The molecular weight excluding hydrogens is 414 g/mol. The summed E-state index contributed by atoms with van der Waals surface area (Å²) in [5, 5.41) is 4.41. The molecule has 1 aromatic carbocycles. The van der Waals surface area contributed by atoms with Crippen molar-refractivity contribution in [3.05, 3.63) is 42.9 Å². The van der Waals surface area contributed by atoms with E-state index in [1.807, 2.05) is 24.4 Å². The molecule has 164 valence electrons. The van der Waals surface area contributed by atoms with Crippen LogP contribution in [-0.2, 0) is 0 Å². The zero-order valence-corrected chi connectivity index (χ0v) is 17.5. The highest BCUT2D eigenvalue weighted by Gasteiger charge is 2.20. The quantitative estimate of drug-likeness (QED) is 0.388. The lowest BCUT2D eigenvalue weighted by molar-refractivity contribution is -0.0519. The second-order valence-electron chi connectivity index (χ2n) is 8.18. The van der Waals surface area contributed by atoms with Crippen molar-refractivity contribution in [3.63, 3.8) is 0 Å². The van der Waals surface area contributed by atoms with E-state index < -0.39 is 6.61 Å². The van der Waals surface area contributed by atoms with Gasteiger partial charge < -0.3 is 4.74 Å². The van der Waals surface area contributed by atoms with E-state index in [0.717, 1.165) is 42.7 Å². The van der Waals surface area contributed by atoms with Crippen molar-refractivity contribution in [1.29, 1.82) is 0 Å². The first-order valence-electron chi connectivity index (χ1n) is 10.7. The molecule has 3 aromatic heterocycles. The number of hydrogen-bond acceptors (Lipinski definition) is 6. The normalized spacial score (nSPS) is 19.4. The van der Waals surface area contributed by atoms with Gasteiger partial charge in [-0.25, -0.2) is 9.51 Å². The molecule has 0 bridgehead atoms. The predicted molar refractivity (Wildman–Crippen MR) is 117 cm³/mol. The zero-order valence-electron chi connectivity index (χ0n) is 17.5. The molecule has 0 spiro atoms. The molecule has 1 aliphatic carbocycles. The first-order valence-corrected chi connectivity index (χ1v) is 10.7. The van der Waals surface area contributed by atoms with Crippen LogP contribution in [0.3, 0.4) is 0 Å². The average molecular weight is 436 g/mol. The molecule has 1 aliphatic rings. The maximum absolute atomic E-state index is 13.2. The van der Waals surface area contributed by atoms with Gasteiger partial charge >= 0.3 is 6.61 Å². The van der Waals surface area contributed by atoms with Crippen LogP contribution in [0.4, 0.5) is 14.7 Å². The van der Waals surface area contributed by atoms with Crippen LogP contribution in [0.2, 0.25) is 0 Å². The molecule has 4 aromatic rings. The Hall–Kier alpha value is -3.49. The van der Waals surface area contributed by atoms with E-state index in [9.17, 15) is 8.78 Å². The van der Waals surface area contributed by atoms with Gasteiger partial charge in [-0.2, -0.15) is 13.8 Å². The predicted octanol–water partition coefficient (Wildman–Crippen LogP) is 5.47. The van der Waals surface area contributed by atoms with Gasteiger partial charge in [0.25, 0.3) is 5.95 Å². The maximum Gasteiger partial charge on any atom is 0.388 e. The van der Waals surface area contributed by atoms with E-state index in [2.05, 4.69) is 32.0 Å². The average Bonchev–Trinajstić information content (AvgIpc) is 3.22. The van der Waals surface area contributed by atoms with Crippen LogP contribution in [0.1, 0.15) is 32.6 Å². The van der Waals surface area contributed by atoms with Crippen LogP contribution in [0.5, 0.6) is 5.88 Å². The number of aromatic nitrogens is 5. The Balaban J connectivity index is 1.54. The number of benzene rings is 1. The summed E-state index contributed by atoms with van der Waals surface area (Å²) in [4.78, 5) is 17.2. The van der Waals surface area contributed by atoms with E-state index in [-0.39, 0.29) is 11.8 Å². The highest BCUT2D eigenvalue weighted by atomic mass is 19.3. The lowest BCUT2D eigenvalue weighted by atomic mass is 9.84. The minimum Gasteiger partial charge on any atom is -0.414 e. The standard InChI is InChI=1S/C23H22F2N6O/c1-14-2-4-15(5-3-14)13-28-23-29-21(32-22(24)25)20-17(8-11-31(20)30-23)16-6-7-18-19(12-16)27-10-9-26-18/h6-15,22H,2-5H2,1H3. The third-order valence-corrected chi connectivity index (χ3v) is 5.91. The number of alkyl halides is 2. The summed E-state index contributed by atoms with van der Waals surface area (Å²) < 4.78 is 32.6. The highest BCUT2D eigenvalue weighted by Crippen LogP contribution is 2.34. The number of aliphatic imine (C=N–C) groups is 1. The number of fused-ring (bicyclic) bond motifs is 2. The highest BCUT2D eigenvalue weighted by molar-refractivity contribution is 5.89. The minimum atomic E-state index is -3.02. The van der Waals surface area contributed by atoms with Crippen LogP contribution in [0, 0.1) is 11.8 Å². The molecule has 3 heterocycles. The summed E-state index contributed by atoms with van der Waals surface area (Å²) in [6.45, 7) is -0.764. The van der Waals surface area contributed by atoms with Crippen molar-refractivity contribution < 1.29 is 13.5 Å². The smallest absolute Gasteiger partial charge is 0.388 e. The maximum atomic E-state index is 13.2. The van der Waals surface area contributed by atoms with E-state index in [4.69, 9.17) is 4.74 Å². The molecule has 0 atom stereocenters. The van der Waals surface area contributed by atoms with Gasteiger partial charge in [-0.15, -0.1) is 5.10 Å². The minimum absolute atomic E-state index is 0.0956. The second-order valence-corrected chi connectivity index (χ2v) is 8.18. The number of rotatable bonds is 5. The molecule has 0 aliphatic heterocycles. The Morgan fingerprint density at radius 1 is 1.09 bits per heavy atom. The first kappa shape index (κ1) is 20.4. The Morgan fingerprint density at radius 3 is 2.66 bits per heavy atom. The van der Waals surface area contributed by atoms with Gasteiger partial charge in [-0.1, -0.05) is 25.8 Å². The van der Waals surface area contributed by atoms with E-state index in [1.165, 1.54) is 4.52 Å². The molecule has 0 amide bonds. The Kier molecular flexibility index (Phi) is 5.46.